The van der Waals surface area contributed by atoms with Crippen molar-refractivity contribution in [1.29, 1.82) is 0 Å². The molecule has 0 aliphatic heterocycles. The van der Waals surface area contributed by atoms with E-state index in [0.717, 1.165) is 16.8 Å². The Labute approximate surface area is 137 Å². The van der Waals surface area contributed by atoms with Crippen molar-refractivity contribution < 1.29 is 9.53 Å². The van der Waals surface area contributed by atoms with E-state index < -0.39 is 0 Å². The molecule has 2 rings (SSSR count). The Bertz CT molecular complexity index is 661. The lowest BCUT2D eigenvalue weighted by molar-refractivity contribution is -0.137. The molecule has 0 spiro atoms. The van der Waals surface area contributed by atoms with Crippen molar-refractivity contribution in [2.24, 2.45) is 0 Å². The first-order valence-corrected chi connectivity index (χ1v) is 7.69. The van der Waals surface area contributed by atoms with Gasteiger partial charge in [-0.25, -0.2) is 4.79 Å². The van der Waals surface area contributed by atoms with Crippen LogP contribution in [-0.4, -0.2) is 19.1 Å². The van der Waals surface area contributed by atoms with Crippen molar-refractivity contribution in [3.05, 3.63) is 83.9 Å². The van der Waals surface area contributed by atoms with E-state index in [-0.39, 0.29) is 5.97 Å². The van der Waals surface area contributed by atoms with Crippen molar-refractivity contribution in [3.8, 4) is 0 Å². The van der Waals surface area contributed by atoms with Crippen molar-refractivity contribution >= 4 is 17.7 Å². The molecule has 0 saturated heterocycles. The smallest absolute Gasteiger partial charge is 0.332 e. The Hall–Kier alpha value is -2.81. The summed E-state index contributed by atoms with van der Waals surface area (Å²) in [5.74, 6) is -0.342. The highest BCUT2D eigenvalue weighted by Gasteiger charge is 2.04. The van der Waals surface area contributed by atoms with E-state index in [2.05, 4.69) is 5.32 Å². The lowest BCUT2D eigenvalue weighted by Crippen LogP contribution is -2.14. The average Bonchev–Trinajstić information content (AvgIpc) is 2.59. The Balaban J connectivity index is 2.03. The van der Waals surface area contributed by atoms with Gasteiger partial charge in [-0.2, -0.15) is 0 Å². The standard InChI is InChI=1S/C20H21NO2/c1-2-23-20(22)16-19(18-13-7-4-8-14-18)21-15-9-12-17-10-5-3-6-11-17/h3-14,16,21H,2,15H2,1H3/b12-9+,19-16-. The fourth-order valence-corrected chi connectivity index (χ4v) is 2.08. The maximum Gasteiger partial charge on any atom is 0.332 e. The number of esters is 1. The molecular weight excluding hydrogens is 286 g/mol. The van der Waals surface area contributed by atoms with Crippen LogP contribution in [0.25, 0.3) is 11.8 Å². The van der Waals surface area contributed by atoms with Crippen LogP contribution in [0.4, 0.5) is 0 Å². The Morgan fingerprint density at radius 1 is 1.04 bits per heavy atom. The third-order valence-corrected chi connectivity index (χ3v) is 3.15. The summed E-state index contributed by atoms with van der Waals surface area (Å²) in [7, 11) is 0. The largest absolute Gasteiger partial charge is 0.463 e. The molecule has 0 saturated carbocycles. The molecule has 0 bridgehead atoms. The second kappa shape index (κ2) is 9.26. The average molecular weight is 307 g/mol. The molecular formula is C20H21NO2. The molecule has 0 fully saturated rings. The van der Waals surface area contributed by atoms with Gasteiger partial charge in [-0.3, -0.25) is 0 Å². The van der Waals surface area contributed by atoms with Crippen LogP contribution >= 0.6 is 0 Å². The van der Waals surface area contributed by atoms with Crippen LogP contribution in [0.2, 0.25) is 0 Å². The maximum atomic E-state index is 11.7. The first-order chi connectivity index (χ1) is 11.3. The highest BCUT2D eigenvalue weighted by Crippen LogP contribution is 2.11. The van der Waals surface area contributed by atoms with Gasteiger partial charge in [-0.15, -0.1) is 0 Å². The summed E-state index contributed by atoms with van der Waals surface area (Å²) in [6, 6.07) is 19.8. The van der Waals surface area contributed by atoms with Crippen LogP contribution in [0.1, 0.15) is 18.1 Å². The van der Waals surface area contributed by atoms with Crippen LogP contribution in [-0.2, 0) is 9.53 Å². The lowest BCUT2D eigenvalue weighted by atomic mass is 10.1. The molecule has 3 nitrogen and oxygen atoms in total. The van der Waals surface area contributed by atoms with Gasteiger partial charge < -0.3 is 10.1 Å². The number of hydrogen-bond donors (Lipinski definition) is 1. The Kier molecular flexibility index (Phi) is 6.66. The fraction of sp³-hybridized carbons (Fsp3) is 0.150. The maximum absolute atomic E-state index is 11.7. The van der Waals surface area contributed by atoms with Gasteiger partial charge >= 0.3 is 5.97 Å². The molecule has 0 radical (unpaired) electrons. The van der Waals surface area contributed by atoms with E-state index in [4.69, 9.17) is 4.74 Å². The molecule has 0 aliphatic carbocycles. The number of benzene rings is 2. The van der Waals surface area contributed by atoms with Crippen LogP contribution < -0.4 is 5.32 Å². The zero-order valence-corrected chi connectivity index (χ0v) is 13.2. The van der Waals surface area contributed by atoms with Gasteiger partial charge in [0.2, 0.25) is 0 Å². The first kappa shape index (κ1) is 16.6. The number of nitrogens with one attached hydrogen (secondary N) is 1. The minimum Gasteiger partial charge on any atom is -0.463 e. The monoisotopic (exact) mass is 307 g/mol. The number of hydrogen-bond acceptors (Lipinski definition) is 3. The highest BCUT2D eigenvalue weighted by atomic mass is 16.5. The molecule has 0 atom stereocenters. The van der Waals surface area contributed by atoms with E-state index in [0.29, 0.717) is 13.2 Å². The van der Waals surface area contributed by atoms with Crippen molar-refractivity contribution in [2.45, 2.75) is 6.92 Å². The zero-order valence-electron chi connectivity index (χ0n) is 13.2. The molecule has 118 valence electrons. The predicted molar refractivity (Wildman–Crippen MR) is 94.5 cm³/mol. The second-order valence-corrected chi connectivity index (χ2v) is 4.87. The van der Waals surface area contributed by atoms with Gasteiger partial charge in [-0.05, 0) is 18.1 Å². The summed E-state index contributed by atoms with van der Waals surface area (Å²) in [6.07, 6.45) is 5.56. The van der Waals surface area contributed by atoms with Crippen LogP contribution in [0.15, 0.2) is 72.8 Å². The van der Waals surface area contributed by atoms with Crippen molar-refractivity contribution in [1.82, 2.24) is 5.32 Å². The zero-order chi connectivity index (χ0) is 16.3. The van der Waals surface area contributed by atoms with Gasteiger partial charge in [0.15, 0.2) is 0 Å². The third kappa shape index (κ3) is 5.83. The van der Waals surface area contributed by atoms with Crippen molar-refractivity contribution in [2.75, 3.05) is 13.2 Å². The van der Waals surface area contributed by atoms with Crippen LogP contribution in [0, 0.1) is 0 Å². The fourth-order valence-electron chi connectivity index (χ4n) is 2.08. The Morgan fingerprint density at radius 2 is 1.70 bits per heavy atom. The molecule has 23 heavy (non-hydrogen) atoms. The van der Waals surface area contributed by atoms with Gasteiger partial charge in [0, 0.05) is 18.3 Å². The number of carbonyl (C=O) groups excluding carboxylic acids is 1. The van der Waals surface area contributed by atoms with Gasteiger partial charge in [0.1, 0.15) is 0 Å². The Morgan fingerprint density at radius 3 is 2.35 bits per heavy atom. The van der Waals surface area contributed by atoms with Crippen LogP contribution in [0.3, 0.4) is 0 Å². The summed E-state index contributed by atoms with van der Waals surface area (Å²) in [6.45, 7) is 2.78. The van der Waals surface area contributed by atoms with Crippen molar-refractivity contribution in [3.63, 3.8) is 0 Å². The molecule has 0 aromatic heterocycles. The topological polar surface area (TPSA) is 38.3 Å². The number of ether oxygens (including phenoxy) is 1. The van der Waals surface area contributed by atoms with E-state index in [1.54, 1.807) is 6.92 Å². The third-order valence-electron chi connectivity index (χ3n) is 3.15. The minimum absolute atomic E-state index is 0.342. The molecule has 0 aliphatic rings. The second-order valence-electron chi connectivity index (χ2n) is 4.87. The summed E-state index contributed by atoms with van der Waals surface area (Å²) in [5.41, 5.74) is 2.85. The van der Waals surface area contributed by atoms with Gasteiger partial charge in [0.05, 0.1) is 6.61 Å². The highest BCUT2D eigenvalue weighted by molar-refractivity contribution is 5.90. The molecule has 2 aromatic rings. The molecule has 1 N–H and O–H groups in total. The number of carbonyl (C=O) groups is 1. The predicted octanol–water partition coefficient (Wildman–Crippen LogP) is 3.89. The summed E-state index contributed by atoms with van der Waals surface area (Å²) >= 11 is 0. The summed E-state index contributed by atoms with van der Waals surface area (Å²) in [5, 5.41) is 3.27. The molecule has 3 heteroatoms. The van der Waals surface area contributed by atoms with E-state index >= 15 is 0 Å². The van der Waals surface area contributed by atoms with Crippen LogP contribution in [0.5, 0.6) is 0 Å². The normalized spacial score (nSPS) is 11.4. The molecule has 2 aromatic carbocycles. The number of rotatable bonds is 7. The van der Waals surface area contributed by atoms with Gasteiger partial charge in [-0.1, -0.05) is 72.8 Å². The lowest BCUT2D eigenvalue weighted by Gasteiger charge is -2.09. The molecule has 0 unspecified atom stereocenters. The molecule has 0 amide bonds. The molecule has 0 heterocycles. The summed E-state index contributed by atoms with van der Waals surface area (Å²) in [4.78, 5) is 11.7. The van der Waals surface area contributed by atoms with E-state index in [1.807, 2.05) is 72.8 Å². The quantitative estimate of drug-likeness (QED) is 0.623. The van der Waals surface area contributed by atoms with Gasteiger partial charge in [0.25, 0.3) is 0 Å². The first-order valence-electron chi connectivity index (χ1n) is 7.69. The minimum atomic E-state index is -0.342. The summed E-state index contributed by atoms with van der Waals surface area (Å²) < 4.78 is 5.00. The van der Waals surface area contributed by atoms with E-state index in [1.165, 1.54) is 6.08 Å². The SMILES string of the molecule is CCOC(=O)/C=C(\NC/C=C/c1ccccc1)c1ccccc1. The van der Waals surface area contributed by atoms with E-state index in [9.17, 15) is 4.79 Å².